The predicted octanol–water partition coefficient (Wildman–Crippen LogP) is 8.36. The molecule has 2 aliphatic rings. The van der Waals surface area contributed by atoms with Gasteiger partial charge in [-0.05, 0) is 75.0 Å². The Balaban J connectivity index is 1.89. The van der Waals surface area contributed by atoms with Crippen molar-refractivity contribution in [1.82, 2.24) is 0 Å². The zero-order valence-corrected chi connectivity index (χ0v) is 28.9. The van der Waals surface area contributed by atoms with Gasteiger partial charge in [-0.2, -0.15) is 0 Å². The maximum absolute atomic E-state index is 10.3. The second-order valence-corrected chi connectivity index (χ2v) is 14.7. The number of allylic oxidation sites excluding steroid dienone is 18. The molecule has 0 aromatic rings. The molecule has 2 rings (SSSR count). The Hall–Kier alpha value is -2.50. The third-order valence-electron chi connectivity index (χ3n) is 9.67. The number of hydrogen-bond donors (Lipinski definition) is 4. The van der Waals surface area contributed by atoms with Gasteiger partial charge in [0.05, 0.1) is 24.4 Å². The van der Waals surface area contributed by atoms with Crippen molar-refractivity contribution in [3.63, 3.8) is 0 Å². The largest absolute Gasteiger partial charge is 0.390 e. The van der Waals surface area contributed by atoms with Crippen LogP contribution in [0.2, 0.25) is 0 Å². The molecule has 4 nitrogen and oxygen atoms in total. The summed E-state index contributed by atoms with van der Waals surface area (Å²) in [5, 5.41) is 41.0. The highest BCUT2D eigenvalue weighted by Crippen LogP contribution is 2.46. The normalized spacial score (nSPS) is 34.4. The number of hydrogen-bond acceptors (Lipinski definition) is 4. The number of aliphatic hydroxyl groups excluding tert-OH is 4. The summed E-state index contributed by atoms with van der Waals surface area (Å²) in [6.07, 6.45) is 27.9. The average molecular weight is 605 g/mol. The molecular formula is C40H60O4. The summed E-state index contributed by atoms with van der Waals surface area (Å²) >= 11 is 0. The molecule has 0 amide bonds. The molecule has 0 unspecified atom stereocenters. The molecule has 0 bridgehead atoms. The fraction of sp³-hybridized carbons (Fsp3) is 0.550. The summed E-state index contributed by atoms with van der Waals surface area (Å²) in [5.74, 6) is 0.438. The van der Waals surface area contributed by atoms with E-state index in [1.807, 2.05) is 26.0 Å². The summed E-state index contributed by atoms with van der Waals surface area (Å²) in [6.45, 7) is 21.0. The monoisotopic (exact) mass is 604 g/mol. The van der Waals surface area contributed by atoms with E-state index in [1.165, 1.54) is 0 Å². The lowest BCUT2D eigenvalue weighted by Gasteiger charge is -2.46. The molecule has 8 atom stereocenters. The third kappa shape index (κ3) is 11.1. The molecule has 2 saturated carbocycles. The van der Waals surface area contributed by atoms with E-state index >= 15 is 0 Å². The van der Waals surface area contributed by atoms with Gasteiger partial charge in [0, 0.05) is 0 Å². The fourth-order valence-corrected chi connectivity index (χ4v) is 6.86. The van der Waals surface area contributed by atoms with Crippen LogP contribution in [0.1, 0.15) is 82.1 Å². The minimum atomic E-state index is -0.677. The van der Waals surface area contributed by atoms with Gasteiger partial charge >= 0.3 is 0 Å². The molecule has 44 heavy (non-hydrogen) atoms. The first kappa shape index (κ1) is 37.7. The van der Waals surface area contributed by atoms with Crippen molar-refractivity contribution in [2.24, 2.45) is 34.5 Å². The van der Waals surface area contributed by atoms with E-state index in [0.717, 1.165) is 22.3 Å². The van der Waals surface area contributed by atoms with E-state index < -0.39 is 24.4 Å². The molecule has 0 saturated heterocycles. The minimum Gasteiger partial charge on any atom is -0.390 e. The van der Waals surface area contributed by atoms with E-state index in [9.17, 15) is 20.4 Å². The van der Waals surface area contributed by atoms with Gasteiger partial charge < -0.3 is 20.4 Å². The highest BCUT2D eigenvalue weighted by Gasteiger charge is 2.45. The van der Waals surface area contributed by atoms with Crippen LogP contribution < -0.4 is 0 Å². The smallest absolute Gasteiger partial charge is 0.0830 e. The molecule has 4 heteroatoms. The summed E-state index contributed by atoms with van der Waals surface area (Å²) in [7, 11) is 0. The highest BCUT2D eigenvalue weighted by molar-refractivity contribution is 5.32. The Morgan fingerprint density at radius 2 is 0.795 bits per heavy atom. The van der Waals surface area contributed by atoms with E-state index in [-0.39, 0.29) is 34.5 Å². The first-order chi connectivity index (χ1) is 20.5. The molecule has 4 N–H and O–H groups in total. The van der Waals surface area contributed by atoms with Crippen LogP contribution in [0.3, 0.4) is 0 Å². The van der Waals surface area contributed by atoms with Crippen LogP contribution in [-0.4, -0.2) is 44.8 Å². The van der Waals surface area contributed by atoms with Gasteiger partial charge in [-0.3, -0.25) is 0 Å². The Morgan fingerprint density at radius 3 is 1.14 bits per heavy atom. The maximum Gasteiger partial charge on any atom is 0.0830 e. The summed E-state index contributed by atoms with van der Waals surface area (Å²) in [6, 6.07) is 0. The minimum absolute atomic E-state index is 0.0119. The van der Waals surface area contributed by atoms with Crippen molar-refractivity contribution < 1.29 is 20.4 Å². The zero-order chi connectivity index (χ0) is 33.2. The van der Waals surface area contributed by atoms with Gasteiger partial charge in [0.1, 0.15) is 0 Å². The third-order valence-corrected chi connectivity index (χ3v) is 9.67. The van der Waals surface area contributed by atoms with E-state index in [4.69, 9.17) is 0 Å². The fourth-order valence-electron chi connectivity index (χ4n) is 6.86. The standard InChI is InChI=1S/C40H60O4/c1-27(17-13-19-29(3)21-23-33-31(5)37(43)35(41)25-39(33,7)8)15-11-12-16-28(2)18-14-20-30(4)22-24-34-32(6)38(44)36(42)26-40(34,9)10/h11-24,31-38,41-44H,25-26H2,1-10H3/b12-11+,17-13+,18-14+,23-21+,24-22+,27-15+,28-16+,29-19+,30-20+/t31-,32-,33-,34-,35-,36-,37-,38-/m0/s1. The molecule has 2 fully saturated rings. The van der Waals surface area contributed by atoms with Crippen LogP contribution in [0, 0.1) is 34.5 Å². The molecule has 0 aromatic heterocycles. The van der Waals surface area contributed by atoms with Gasteiger partial charge in [-0.15, -0.1) is 0 Å². The summed E-state index contributed by atoms with van der Waals surface area (Å²) in [5.41, 5.74) is 4.47. The van der Waals surface area contributed by atoms with Crippen molar-refractivity contribution in [1.29, 1.82) is 0 Å². The van der Waals surface area contributed by atoms with Gasteiger partial charge in [0.2, 0.25) is 0 Å². The SMILES string of the molecule is CC(/C=C/C=C(C)/C=C/[C@H]1[C@H](C)[C@H](O)[C@@H](O)CC1(C)C)=C\C=C\C=C(C)\C=C\C=C(C)\C=C\[C@H]1[C@H](C)[C@H](O)[C@@H](O)CC1(C)C. The molecule has 2 aliphatic carbocycles. The zero-order valence-electron chi connectivity index (χ0n) is 28.9. The lowest BCUT2D eigenvalue weighted by atomic mass is 9.62. The summed E-state index contributed by atoms with van der Waals surface area (Å²) < 4.78 is 0. The van der Waals surface area contributed by atoms with Crippen LogP contribution in [0.5, 0.6) is 0 Å². The Labute approximate surface area is 268 Å². The topological polar surface area (TPSA) is 80.9 Å². The van der Waals surface area contributed by atoms with Gasteiger partial charge in [-0.1, -0.05) is 149 Å². The lowest BCUT2D eigenvalue weighted by Crippen LogP contribution is -2.48. The van der Waals surface area contributed by atoms with Crippen LogP contribution in [0.25, 0.3) is 0 Å². The van der Waals surface area contributed by atoms with Crippen molar-refractivity contribution in [3.8, 4) is 0 Å². The lowest BCUT2D eigenvalue weighted by molar-refractivity contribution is -0.0970. The maximum atomic E-state index is 10.3. The first-order valence-electron chi connectivity index (χ1n) is 16.3. The summed E-state index contributed by atoms with van der Waals surface area (Å²) in [4.78, 5) is 0. The van der Waals surface area contributed by atoms with Gasteiger partial charge in [0.25, 0.3) is 0 Å². The molecular weight excluding hydrogens is 544 g/mol. The van der Waals surface area contributed by atoms with Crippen LogP contribution in [0.4, 0.5) is 0 Å². The highest BCUT2D eigenvalue weighted by atomic mass is 16.3. The number of rotatable bonds is 10. The average Bonchev–Trinajstić information content (AvgIpc) is 2.92. The van der Waals surface area contributed by atoms with Crippen LogP contribution in [-0.2, 0) is 0 Å². The van der Waals surface area contributed by atoms with E-state index in [0.29, 0.717) is 12.8 Å². The van der Waals surface area contributed by atoms with Crippen molar-refractivity contribution >= 4 is 0 Å². The second kappa shape index (κ2) is 16.7. The number of aliphatic hydroxyl groups is 4. The van der Waals surface area contributed by atoms with Crippen LogP contribution in [0.15, 0.2) is 107 Å². The molecule has 244 valence electrons. The van der Waals surface area contributed by atoms with Gasteiger partial charge in [0.15, 0.2) is 0 Å². The second-order valence-electron chi connectivity index (χ2n) is 14.7. The van der Waals surface area contributed by atoms with E-state index in [2.05, 4.69) is 128 Å². The van der Waals surface area contributed by atoms with Crippen molar-refractivity contribution in [2.75, 3.05) is 0 Å². The van der Waals surface area contributed by atoms with Crippen LogP contribution >= 0.6 is 0 Å². The van der Waals surface area contributed by atoms with Gasteiger partial charge in [-0.25, -0.2) is 0 Å². The molecule has 0 aliphatic heterocycles. The molecule has 0 spiro atoms. The molecule has 0 radical (unpaired) electrons. The molecule has 0 aromatic carbocycles. The Morgan fingerprint density at radius 1 is 0.500 bits per heavy atom. The Kier molecular flexibility index (Phi) is 14.3. The van der Waals surface area contributed by atoms with Crippen molar-refractivity contribution in [2.45, 2.75) is 106 Å². The Bertz CT molecular complexity index is 1120. The first-order valence-corrected chi connectivity index (χ1v) is 16.3. The molecule has 0 heterocycles. The van der Waals surface area contributed by atoms with Crippen molar-refractivity contribution in [3.05, 3.63) is 107 Å². The van der Waals surface area contributed by atoms with E-state index in [1.54, 1.807) is 0 Å². The quantitative estimate of drug-likeness (QED) is 0.189. The predicted molar refractivity (Wildman–Crippen MR) is 187 cm³/mol.